The quantitative estimate of drug-likeness (QED) is 0.704. The highest BCUT2D eigenvalue weighted by molar-refractivity contribution is 5.94. The average Bonchev–Trinajstić information content (AvgIpc) is 2.78. The summed E-state index contributed by atoms with van der Waals surface area (Å²) in [5.41, 5.74) is 0.826. The standard InChI is InChI=1S/C14H14O3.C9H12O3/c1-16-13-8-11-12(15)6-7-17-14(11)10-5-3-2-4-9(10)13;1-10-7-5-4-6-8(11-2)9(7)12-3/h2-5,8,12,15H,6-7H2,1H3;4-6H,1-3H3. The number of rotatable bonds is 4. The lowest BCUT2D eigenvalue weighted by Crippen LogP contribution is -2.14. The van der Waals surface area contributed by atoms with Crippen molar-refractivity contribution in [2.75, 3.05) is 35.0 Å². The molecule has 1 heterocycles. The number of benzene rings is 3. The predicted octanol–water partition coefficient (Wildman–Crippen LogP) is 4.38. The van der Waals surface area contributed by atoms with Crippen LogP contribution < -0.4 is 23.7 Å². The minimum Gasteiger partial charge on any atom is -0.496 e. The molecule has 1 unspecified atom stereocenters. The Bertz CT molecular complexity index is 947. The first-order valence-corrected chi connectivity index (χ1v) is 9.30. The van der Waals surface area contributed by atoms with E-state index in [9.17, 15) is 5.11 Å². The van der Waals surface area contributed by atoms with Crippen LogP contribution in [0.5, 0.6) is 28.7 Å². The Kier molecular flexibility index (Phi) is 6.67. The van der Waals surface area contributed by atoms with Gasteiger partial charge in [0.25, 0.3) is 0 Å². The molecule has 3 aromatic carbocycles. The van der Waals surface area contributed by atoms with E-state index in [4.69, 9.17) is 23.7 Å². The van der Waals surface area contributed by atoms with Crippen LogP contribution in [0.25, 0.3) is 10.8 Å². The molecule has 6 heteroatoms. The van der Waals surface area contributed by atoms with Crippen molar-refractivity contribution in [3.05, 3.63) is 54.1 Å². The first-order chi connectivity index (χ1) is 14.1. The number of fused-ring (bicyclic) bond motifs is 3. The van der Waals surface area contributed by atoms with E-state index < -0.39 is 6.10 Å². The molecule has 4 rings (SSSR count). The molecular formula is C23H26O6. The second-order valence-corrected chi connectivity index (χ2v) is 6.39. The van der Waals surface area contributed by atoms with Gasteiger partial charge in [0.1, 0.15) is 11.5 Å². The van der Waals surface area contributed by atoms with E-state index in [1.54, 1.807) is 28.4 Å². The molecule has 0 aliphatic carbocycles. The third-order valence-electron chi connectivity index (χ3n) is 4.79. The number of hydrogen-bond donors (Lipinski definition) is 1. The van der Waals surface area contributed by atoms with Crippen molar-refractivity contribution in [3.63, 3.8) is 0 Å². The van der Waals surface area contributed by atoms with Crippen molar-refractivity contribution < 1.29 is 28.8 Å². The topological polar surface area (TPSA) is 66.4 Å². The smallest absolute Gasteiger partial charge is 0.203 e. The molecule has 0 saturated heterocycles. The summed E-state index contributed by atoms with van der Waals surface area (Å²) < 4.78 is 26.3. The molecule has 1 aliphatic heterocycles. The largest absolute Gasteiger partial charge is 0.496 e. The van der Waals surface area contributed by atoms with Gasteiger partial charge in [-0.25, -0.2) is 0 Å². The number of aliphatic hydroxyl groups excluding tert-OH is 1. The van der Waals surface area contributed by atoms with Crippen LogP contribution in [0.15, 0.2) is 48.5 Å². The molecule has 0 saturated carbocycles. The van der Waals surface area contributed by atoms with Crippen molar-refractivity contribution in [3.8, 4) is 28.7 Å². The molecule has 0 amide bonds. The fourth-order valence-corrected chi connectivity index (χ4v) is 3.36. The highest BCUT2D eigenvalue weighted by Gasteiger charge is 2.23. The lowest BCUT2D eigenvalue weighted by molar-refractivity contribution is 0.116. The number of para-hydroxylation sites is 1. The van der Waals surface area contributed by atoms with E-state index in [-0.39, 0.29) is 0 Å². The highest BCUT2D eigenvalue weighted by Crippen LogP contribution is 2.42. The third kappa shape index (κ3) is 4.17. The van der Waals surface area contributed by atoms with Crippen LogP contribution in [0.2, 0.25) is 0 Å². The van der Waals surface area contributed by atoms with Crippen LogP contribution in [-0.2, 0) is 0 Å². The maximum absolute atomic E-state index is 10.0. The second-order valence-electron chi connectivity index (χ2n) is 6.39. The fourth-order valence-electron chi connectivity index (χ4n) is 3.36. The van der Waals surface area contributed by atoms with Gasteiger partial charge in [-0.05, 0) is 18.2 Å². The van der Waals surface area contributed by atoms with Crippen molar-refractivity contribution in [1.29, 1.82) is 0 Å². The summed E-state index contributed by atoms with van der Waals surface area (Å²) in [6, 6.07) is 15.3. The average molecular weight is 398 g/mol. The first kappa shape index (κ1) is 20.6. The minimum atomic E-state index is -0.461. The van der Waals surface area contributed by atoms with Crippen LogP contribution >= 0.6 is 0 Å². The highest BCUT2D eigenvalue weighted by atomic mass is 16.5. The van der Waals surface area contributed by atoms with E-state index in [1.165, 1.54) is 0 Å². The fraction of sp³-hybridized carbons (Fsp3) is 0.304. The Morgan fingerprint density at radius 3 is 2.00 bits per heavy atom. The monoisotopic (exact) mass is 398 g/mol. The molecule has 0 aromatic heterocycles. The van der Waals surface area contributed by atoms with Gasteiger partial charge in [0.05, 0.1) is 41.2 Å². The molecule has 0 fully saturated rings. The van der Waals surface area contributed by atoms with Gasteiger partial charge >= 0.3 is 0 Å². The molecule has 6 nitrogen and oxygen atoms in total. The Morgan fingerprint density at radius 2 is 1.41 bits per heavy atom. The number of aliphatic hydroxyl groups is 1. The van der Waals surface area contributed by atoms with Gasteiger partial charge in [0.15, 0.2) is 11.5 Å². The number of hydrogen-bond acceptors (Lipinski definition) is 6. The van der Waals surface area contributed by atoms with Crippen LogP contribution in [0.4, 0.5) is 0 Å². The minimum absolute atomic E-state index is 0.461. The van der Waals surface area contributed by atoms with Gasteiger partial charge in [-0.2, -0.15) is 0 Å². The molecule has 1 atom stereocenters. The van der Waals surface area contributed by atoms with Crippen molar-refractivity contribution >= 4 is 10.8 Å². The summed E-state index contributed by atoms with van der Waals surface area (Å²) in [7, 11) is 6.42. The molecule has 1 aliphatic rings. The van der Waals surface area contributed by atoms with Crippen molar-refractivity contribution in [2.24, 2.45) is 0 Å². The molecule has 3 aromatic rings. The molecule has 0 bridgehead atoms. The number of ether oxygens (including phenoxy) is 5. The Hall–Kier alpha value is -3.12. The van der Waals surface area contributed by atoms with Gasteiger partial charge in [-0.3, -0.25) is 0 Å². The summed E-state index contributed by atoms with van der Waals surface area (Å²) in [5, 5.41) is 12.0. The molecule has 154 valence electrons. The molecule has 0 radical (unpaired) electrons. The Labute approximate surface area is 170 Å². The zero-order valence-corrected chi connectivity index (χ0v) is 17.1. The second kappa shape index (κ2) is 9.39. The van der Waals surface area contributed by atoms with Crippen LogP contribution in [0.3, 0.4) is 0 Å². The van der Waals surface area contributed by atoms with E-state index >= 15 is 0 Å². The SMILES string of the molecule is COc1cc2c(c3ccccc13)OCCC2O.COc1cccc(OC)c1OC. The third-order valence-corrected chi connectivity index (χ3v) is 4.79. The van der Waals surface area contributed by atoms with Gasteiger partial charge < -0.3 is 28.8 Å². The summed E-state index contributed by atoms with van der Waals surface area (Å²) >= 11 is 0. The van der Waals surface area contributed by atoms with Gasteiger partial charge in [0.2, 0.25) is 5.75 Å². The summed E-state index contributed by atoms with van der Waals surface area (Å²) in [4.78, 5) is 0. The summed E-state index contributed by atoms with van der Waals surface area (Å²) in [6.07, 6.45) is 0.173. The maximum Gasteiger partial charge on any atom is 0.203 e. The van der Waals surface area contributed by atoms with E-state index in [1.807, 2.05) is 48.5 Å². The Balaban J connectivity index is 0.000000177. The van der Waals surface area contributed by atoms with Crippen molar-refractivity contribution in [2.45, 2.75) is 12.5 Å². The first-order valence-electron chi connectivity index (χ1n) is 9.30. The molecule has 1 N–H and O–H groups in total. The van der Waals surface area contributed by atoms with Gasteiger partial charge in [-0.15, -0.1) is 0 Å². The van der Waals surface area contributed by atoms with Gasteiger partial charge in [0, 0.05) is 22.8 Å². The van der Waals surface area contributed by atoms with E-state index in [0.717, 1.165) is 27.8 Å². The van der Waals surface area contributed by atoms with Crippen molar-refractivity contribution in [1.82, 2.24) is 0 Å². The van der Waals surface area contributed by atoms with Crippen LogP contribution in [-0.4, -0.2) is 40.2 Å². The molecule has 0 spiro atoms. The van der Waals surface area contributed by atoms with E-state index in [0.29, 0.717) is 30.3 Å². The zero-order chi connectivity index (χ0) is 20.8. The zero-order valence-electron chi connectivity index (χ0n) is 17.1. The summed E-state index contributed by atoms with van der Waals surface area (Å²) in [6.45, 7) is 0.560. The van der Waals surface area contributed by atoms with Crippen LogP contribution in [0, 0.1) is 0 Å². The Morgan fingerprint density at radius 1 is 0.793 bits per heavy atom. The molecular weight excluding hydrogens is 372 g/mol. The molecule has 29 heavy (non-hydrogen) atoms. The predicted molar refractivity (Wildman–Crippen MR) is 112 cm³/mol. The number of methoxy groups -OCH3 is 4. The van der Waals surface area contributed by atoms with E-state index in [2.05, 4.69) is 0 Å². The maximum atomic E-state index is 10.0. The summed E-state index contributed by atoms with van der Waals surface area (Å²) in [5.74, 6) is 3.56. The lowest BCUT2D eigenvalue weighted by atomic mass is 9.97. The lowest BCUT2D eigenvalue weighted by Gasteiger charge is -2.24. The normalized spacial score (nSPS) is 14.7. The van der Waals surface area contributed by atoms with Crippen LogP contribution in [0.1, 0.15) is 18.1 Å². The van der Waals surface area contributed by atoms with Gasteiger partial charge in [-0.1, -0.05) is 30.3 Å².